The van der Waals surface area contributed by atoms with Gasteiger partial charge in [0.05, 0.1) is 0 Å². The average Bonchev–Trinajstić information content (AvgIpc) is 3.40. The van der Waals surface area contributed by atoms with E-state index in [1.54, 1.807) is 5.57 Å². The molecule has 186 valence electrons. The van der Waals surface area contributed by atoms with Gasteiger partial charge in [0.15, 0.2) is 0 Å². The monoisotopic (exact) mass is 503 g/mol. The van der Waals surface area contributed by atoms with Gasteiger partial charge in [-0.1, -0.05) is 117 Å². The van der Waals surface area contributed by atoms with Crippen molar-refractivity contribution in [3.8, 4) is 0 Å². The smallest absolute Gasteiger partial charge is 0.0325 e. The van der Waals surface area contributed by atoms with Crippen molar-refractivity contribution in [3.05, 3.63) is 84.5 Å². The standard InChI is InChI=1S/C32H43NP2/c1-26(33(2)35(29-20-11-5-12-21-29)30-22-13-6-14-23-30)31-24-15-25-32(31)34(27-16-7-3-8-17-27)28-18-9-4-10-19-28/h3-4,7-10,15-19,24-26,29-30,32H,5-6,11-14,20-23H2,1-2H3/t26-,32?/m1/s1. The summed E-state index contributed by atoms with van der Waals surface area (Å²) >= 11 is 0. The molecule has 1 unspecified atom stereocenters. The summed E-state index contributed by atoms with van der Waals surface area (Å²) in [6, 6.07) is 23.1. The molecule has 0 aromatic heterocycles. The second kappa shape index (κ2) is 12.3. The molecule has 2 atom stereocenters. The second-order valence-electron chi connectivity index (χ2n) is 10.8. The molecule has 1 nitrogen and oxygen atoms in total. The summed E-state index contributed by atoms with van der Waals surface area (Å²) in [6.45, 7) is 2.52. The van der Waals surface area contributed by atoms with Gasteiger partial charge in [0.25, 0.3) is 0 Å². The molecule has 0 aliphatic heterocycles. The molecule has 0 heterocycles. The van der Waals surface area contributed by atoms with Gasteiger partial charge in [0.2, 0.25) is 0 Å². The highest BCUT2D eigenvalue weighted by Crippen LogP contribution is 2.59. The van der Waals surface area contributed by atoms with Crippen LogP contribution in [0, 0.1) is 0 Å². The first-order valence-electron chi connectivity index (χ1n) is 14.0. The summed E-state index contributed by atoms with van der Waals surface area (Å²) in [5.74, 6) is 0. The van der Waals surface area contributed by atoms with Crippen LogP contribution in [0.3, 0.4) is 0 Å². The molecule has 0 radical (unpaired) electrons. The number of allylic oxidation sites excluding steroid dienone is 3. The Labute approximate surface area is 216 Å². The van der Waals surface area contributed by atoms with E-state index in [0.29, 0.717) is 11.7 Å². The van der Waals surface area contributed by atoms with Gasteiger partial charge in [-0.3, -0.25) is 4.67 Å². The Kier molecular flexibility index (Phi) is 8.94. The number of hydrogen-bond donors (Lipinski definition) is 0. The predicted molar refractivity (Wildman–Crippen MR) is 158 cm³/mol. The third-order valence-corrected chi connectivity index (χ3v) is 14.9. The van der Waals surface area contributed by atoms with E-state index in [-0.39, 0.29) is 8.07 Å². The SMILES string of the molecule is C[C@H](C1=CC=CC1P(c1ccccc1)c1ccccc1)N(C)P(C1CCCCC1)C1CCCCC1. The maximum atomic E-state index is 2.91. The van der Waals surface area contributed by atoms with E-state index in [9.17, 15) is 0 Å². The van der Waals surface area contributed by atoms with Gasteiger partial charge < -0.3 is 0 Å². The van der Waals surface area contributed by atoms with Crippen LogP contribution in [-0.4, -0.2) is 34.7 Å². The van der Waals surface area contributed by atoms with Crippen LogP contribution in [0.15, 0.2) is 84.5 Å². The zero-order valence-corrected chi connectivity index (χ0v) is 23.5. The molecular formula is C32H43NP2. The van der Waals surface area contributed by atoms with E-state index in [1.807, 2.05) is 0 Å². The zero-order chi connectivity index (χ0) is 24.0. The minimum Gasteiger partial charge on any atom is -0.278 e. The third kappa shape index (κ3) is 5.85. The van der Waals surface area contributed by atoms with E-state index >= 15 is 0 Å². The lowest BCUT2D eigenvalue weighted by atomic mass is 9.99. The molecule has 3 aliphatic carbocycles. The first-order chi connectivity index (χ1) is 17.2. The molecule has 3 heteroatoms. The minimum absolute atomic E-state index is 0.0886. The average molecular weight is 504 g/mol. The van der Waals surface area contributed by atoms with E-state index in [4.69, 9.17) is 0 Å². The number of nitrogens with zero attached hydrogens (tertiary/aromatic N) is 1. The van der Waals surface area contributed by atoms with Crippen LogP contribution >= 0.6 is 16.0 Å². The van der Waals surface area contributed by atoms with E-state index in [0.717, 1.165) is 11.3 Å². The van der Waals surface area contributed by atoms with E-state index < -0.39 is 7.92 Å². The summed E-state index contributed by atoms with van der Waals surface area (Å²) in [5.41, 5.74) is 4.03. The first-order valence-corrected chi connectivity index (χ1v) is 16.9. The van der Waals surface area contributed by atoms with Crippen LogP contribution in [0.2, 0.25) is 0 Å². The van der Waals surface area contributed by atoms with Crippen LogP contribution in [0.25, 0.3) is 0 Å². The Hall–Kier alpha value is -1.26. The first kappa shape index (κ1) is 25.4. The summed E-state index contributed by atoms with van der Waals surface area (Å²) in [7, 11) is 1.94. The van der Waals surface area contributed by atoms with E-state index in [1.165, 1.54) is 74.8 Å². The molecule has 0 amide bonds. The van der Waals surface area contributed by atoms with Crippen molar-refractivity contribution >= 4 is 26.6 Å². The summed E-state index contributed by atoms with van der Waals surface area (Å²) in [5, 5.41) is 2.99. The van der Waals surface area contributed by atoms with Crippen LogP contribution in [0.5, 0.6) is 0 Å². The van der Waals surface area contributed by atoms with Crippen LogP contribution in [-0.2, 0) is 0 Å². The Morgan fingerprint density at radius 1 is 0.714 bits per heavy atom. The molecule has 2 aromatic carbocycles. The highest BCUT2D eigenvalue weighted by Gasteiger charge is 2.38. The van der Waals surface area contributed by atoms with Gasteiger partial charge in [-0.2, -0.15) is 0 Å². The van der Waals surface area contributed by atoms with Gasteiger partial charge in [-0.05, 0) is 83.1 Å². The van der Waals surface area contributed by atoms with Crippen molar-refractivity contribution in [2.24, 2.45) is 0 Å². The van der Waals surface area contributed by atoms with Crippen molar-refractivity contribution in [2.75, 3.05) is 7.05 Å². The van der Waals surface area contributed by atoms with Crippen LogP contribution in [0.4, 0.5) is 0 Å². The highest BCUT2D eigenvalue weighted by molar-refractivity contribution is 7.74. The van der Waals surface area contributed by atoms with Crippen molar-refractivity contribution < 1.29 is 0 Å². The molecule has 2 aromatic rings. The fourth-order valence-electron chi connectivity index (χ4n) is 6.67. The molecule has 0 N–H and O–H groups in total. The highest BCUT2D eigenvalue weighted by atomic mass is 31.1. The topological polar surface area (TPSA) is 3.24 Å². The number of likely N-dealkylation sites (N-methyl/N-ethyl adjacent to an activating group) is 1. The van der Waals surface area contributed by atoms with Gasteiger partial charge in [-0.25, -0.2) is 0 Å². The Morgan fingerprint density at radius 3 is 1.69 bits per heavy atom. The molecule has 3 aliphatic rings. The van der Waals surface area contributed by atoms with Crippen LogP contribution < -0.4 is 10.6 Å². The number of hydrogen-bond acceptors (Lipinski definition) is 1. The number of rotatable bonds is 8. The van der Waals surface area contributed by atoms with Crippen molar-refractivity contribution in [2.45, 2.75) is 94.2 Å². The lowest BCUT2D eigenvalue weighted by Gasteiger charge is -2.46. The molecule has 0 saturated heterocycles. The molecule has 5 rings (SSSR count). The normalized spacial score (nSPS) is 22.8. The molecule has 35 heavy (non-hydrogen) atoms. The van der Waals surface area contributed by atoms with Gasteiger partial charge in [0, 0.05) is 11.7 Å². The maximum Gasteiger partial charge on any atom is 0.0325 e. The van der Waals surface area contributed by atoms with Crippen LogP contribution in [0.1, 0.15) is 71.1 Å². The van der Waals surface area contributed by atoms with Crippen molar-refractivity contribution in [3.63, 3.8) is 0 Å². The van der Waals surface area contributed by atoms with Gasteiger partial charge >= 0.3 is 0 Å². The summed E-state index contributed by atoms with van der Waals surface area (Å²) in [4.78, 5) is 0. The summed E-state index contributed by atoms with van der Waals surface area (Å²) in [6.07, 6.45) is 22.0. The summed E-state index contributed by atoms with van der Waals surface area (Å²) < 4.78 is 2.91. The number of benzene rings is 2. The minimum atomic E-state index is -0.471. The van der Waals surface area contributed by atoms with Crippen molar-refractivity contribution in [1.29, 1.82) is 0 Å². The Balaban J connectivity index is 1.43. The Morgan fingerprint density at radius 2 is 1.20 bits per heavy atom. The van der Waals surface area contributed by atoms with Gasteiger partial charge in [-0.15, -0.1) is 0 Å². The quantitative estimate of drug-likeness (QED) is 0.327. The van der Waals surface area contributed by atoms with Gasteiger partial charge in [0.1, 0.15) is 0 Å². The lowest BCUT2D eigenvalue weighted by molar-refractivity contribution is 0.416. The molecular weight excluding hydrogens is 460 g/mol. The fourth-order valence-corrected chi connectivity index (χ4v) is 13.4. The fraction of sp³-hybridized carbons (Fsp3) is 0.500. The van der Waals surface area contributed by atoms with E-state index in [2.05, 4.69) is 97.5 Å². The molecule has 2 saturated carbocycles. The third-order valence-electron chi connectivity index (χ3n) is 8.58. The zero-order valence-electron chi connectivity index (χ0n) is 21.7. The molecule has 0 bridgehead atoms. The molecule has 2 fully saturated rings. The largest absolute Gasteiger partial charge is 0.278 e. The molecule has 0 spiro atoms. The lowest BCUT2D eigenvalue weighted by Crippen LogP contribution is -2.37. The Bertz CT molecular complexity index is 916. The maximum absolute atomic E-state index is 2.91. The predicted octanol–water partition coefficient (Wildman–Crippen LogP) is 8.37. The van der Waals surface area contributed by atoms with Crippen molar-refractivity contribution in [1.82, 2.24) is 4.67 Å². The second-order valence-corrected chi connectivity index (χ2v) is 15.9.